The Morgan fingerprint density at radius 1 is 1.33 bits per heavy atom. The van der Waals surface area contributed by atoms with Gasteiger partial charge in [-0.05, 0) is 54.7 Å². The number of hydrogen-bond donors (Lipinski definition) is 1. The molecule has 0 radical (unpaired) electrons. The Hall–Kier alpha value is -1.14. The van der Waals surface area contributed by atoms with Crippen LogP contribution in [-0.2, 0) is 0 Å². The SMILES string of the molecule is CN1C2CCCC1CC(Nc1ccc([N+](=O)[O-])cc1Br)C2. The van der Waals surface area contributed by atoms with E-state index in [0.29, 0.717) is 18.1 Å². The van der Waals surface area contributed by atoms with Crippen molar-refractivity contribution in [2.75, 3.05) is 12.4 Å². The fraction of sp³-hybridized carbons (Fsp3) is 0.600. The Balaban J connectivity index is 1.71. The predicted molar refractivity (Wildman–Crippen MR) is 86.6 cm³/mol. The van der Waals surface area contributed by atoms with Crippen LogP contribution in [0.5, 0.6) is 0 Å². The number of nitrogens with one attached hydrogen (secondary N) is 1. The van der Waals surface area contributed by atoms with Gasteiger partial charge < -0.3 is 10.2 Å². The molecular weight excluding hydrogens is 334 g/mol. The lowest BCUT2D eigenvalue weighted by atomic mass is 9.82. The van der Waals surface area contributed by atoms with Crippen molar-refractivity contribution in [1.29, 1.82) is 0 Å². The molecule has 2 atom stereocenters. The molecule has 2 bridgehead atoms. The van der Waals surface area contributed by atoms with E-state index in [1.807, 2.05) is 0 Å². The molecule has 2 saturated heterocycles. The molecule has 5 nitrogen and oxygen atoms in total. The molecule has 0 amide bonds. The molecule has 21 heavy (non-hydrogen) atoms. The maximum atomic E-state index is 10.8. The molecule has 2 fully saturated rings. The van der Waals surface area contributed by atoms with Crippen LogP contribution in [-0.4, -0.2) is 35.0 Å². The summed E-state index contributed by atoms with van der Waals surface area (Å²) in [5, 5.41) is 14.4. The summed E-state index contributed by atoms with van der Waals surface area (Å²) < 4.78 is 0.765. The summed E-state index contributed by atoms with van der Waals surface area (Å²) in [5.41, 5.74) is 1.07. The highest BCUT2D eigenvalue weighted by Crippen LogP contribution is 2.35. The van der Waals surface area contributed by atoms with Crippen LogP contribution >= 0.6 is 15.9 Å². The summed E-state index contributed by atoms with van der Waals surface area (Å²) in [6.07, 6.45) is 6.21. The number of piperidine rings is 2. The monoisotopic (exact) mass is 353 g/mol. The van der Waals surface area contributed by atoms with Gasteiger partial charge in [-0.3, -0.25) is 10.1 Å². The zero-order chi connectivity index (χ0) is 15.0. The van der Waals surface area contributed by atoms with Gasteiger partial charge in [0.15, 0.2) is 0 Å². The lowest BCUT2D eigenvalue weighted by molar-refractivity contribution is -0.384. The van der Waals surface area contributed by atoms with Crippen molar-refractivity contribution in [1.82, 2.24) is 4.90 Å². The fourth-order valence-corrected chi connectivity index (χ4v) is 4.17. The molecule has 2 heterocycles. The Bertz CT molecular complexity index is 538. The number of nitro groups is 1. The number of anilines is 1. The predicted octanol–water partition coefficient (Wildman–Crippen LogP) is 3.78. The van der Waals surface area contributed by atoms with E-state index in [-0.39, 0.29) is 10.6 Å². The summed E-state index contributed by atoms with van der Waals surface area (Å²) in [5.74, 6) is 0. The van der Waals surface area contributed by atoms with Crippen molar-refractivity contribution in [3.05, 3.63) is 32.8 Å². The summed E-state index contributed by atoms with van der Waals surface area (Å²) in [6.45, 7) is 0. The third-order valence-electron chi connectivity index (χ3n) is 4.86. The van der Waals surface area contributed by atoms with Gasteiger partial charge in [0.2, 0.25) is 0 Å². The molecular formula is C15H20BrN3O2. The number of non-ortho nitro benzene ring substituents is 1. The molecule has 2 aliphatic heterocycles. The van der Waals surface area contributed by atoms with E-state index in [1.54, 1.807) is 18.2 Å². The lowest BCUT2D eigenvalue weighted by Crippen LogP contribution is -2.52. The number of hydrogen-bond acceptors (Lipinski definition) is 4. The second-order valence-corrected chi connectivity index (χ2v) is 6.99. The number of halogens is 1. The molecule has 0 aromatic heterocycles. The quantitative estimate of drug-likeness (QED) is 0.663. The van der Waals surface area contributed by atoms with Gasteiger partial charge in [0.05, 0.1) is 4.92 Å². The average molecular weight is 354 g/mol. The summed E-state index contributed by atoms with van der Waals surface area (Å²) >= 11 is 3.44. The second kappa shape index (κ2) is 5.93. The second-order valence-electron chi connectivity index (χ2n) is 6.14. The highest BCUT2D eigenvalue weighted by Gasteiger charge is 2.35. The minimum atomic E-state index is -0.367. The minimum Gasteiger partial charge on any atom is -0.381 e. The van der Waals surface area contributed by atoms with Crippen molar-refractivity contribution >= 4 is 27.3 Å². The fourth-order valence-electron chi connectivity index (χ4n) is 3.69. The Morgan fingerprint density at radius 3 is 2.57 bits per heavy atom. The largest absolute Gasteiger partial charge is 0.381 e. The van der Waals surface area contributed by atoms with Gasteiger partial charge in [-0.25, -0.2) is 0 Å². The standard InChI is InChI=1S/C15H20BrN3O2/c1-18-11-3-2-4-12(18)8-10(7-11)17-15-6-5-13(19(20)21)9-14(15)16/h5-6,9-12,17H,2-4,7-8H2,1H3. The molecule has 1 N–H and O–H groups in total. The van der Waals surface area contributed by atoms with Crippen LogP contribution in [0.4, 0.5) is 11.4 Å². The van der Waals surface area contributed by atoms with Crippen LogP contribution in [0.3, 0.4) is 0 Å². The average Bonchev–Trinajstić information content (AvgIpc) is 2.42. The highest BCUT2D eigenvalue weighted by atomic mass is 79.9. The third kappa shape index (κ3) is 3.06. The number of rotatable bonds is 3. The maximum Gasteiger partial charge on any atom is 0.270 e. The molecule has 1 aromatic rings. The molecule has 114 valence electrons. The van der Waals surface area contributed by atoms with Crippen LogP contribution in [0.1, 0.15) is 32.1 Å². The van der Waals surface area contributed by atoms with Gasteiger partial charge in [-0.15, -0.1) is 0 Å². The van der Waals surface area contributed by atoms with Gasteiger partial charge in [0.1, 0.15) is 0 Å². The first-order chi connectivity index (χ1) is 10.0. The van der Waals surface area contributed by atoms with Crippen LogP contribution in [0.15, 0.2) is 22.7 Å². The van der Waals surface area contributed by atoms with Gasteiger partial charge >= 0.3 is 0 Å². The molecule has 2 unspecified atom stereocenters. The summed E-state index contributed by atoms with van der Waals surface area (Å²) in [6, 6.07) is 6.73. The zero-order valence-corrected chi connectivity index (χ0v) is 13.7. The van der Waals surface area contributed by atoms with Crippen LogP contribution in [0.25, 0.3) is 0 Å². The first-order valence-electron chi connectivity index (χ1n) is 7.47. The smallest absolute Gasteiger partial charge is 0.270 e. The highest BCUT2D eigenvalue weighted by molar-refractivity contribution is 9.10. The van der Waals surface area contributed by atoms with E-state index in [1.165, 1.54) is 19.3 Å². The van der Waals surface area contributed by atoms with Crippen molar-refractivity contribution in [3.8, 4) is 0 Å². The van der Waals surface area contributed by atoms with Gasteiger partial charge in [0.25, 0.3) is 5.69 Å². The number of fused-ring (bicyclic) bond motifs is 2. The summed E-state index contributed by atoms with van der Waals surface area (Å²) in [4.78, 5) is 12.9. The first kappa shape index (κ1) is 14.8. The van der Waals surface area contributed by atoms with Gasteiger partial charge in [-0.2, -0.15) is 0 Å². The van der Waals surface area contributed by atoms with Gasteiger partial charge in [-0.1, -0.05) is 6.42 Å². The third-order valence-corrected chi connectivity index (χ3v) is 5.52. The van der Waals surface area contributed by atoms with E-state index in [2.05, 4.69) is 33.2 Å². The van der Waals surface area contributed by atoms with Crippen LogP contribution in [0, 0.1) is 10.1 Å². The Labute approximate surface area is 133 Å². The van der Waals surface area contributed by atoms with Crippen LogP contribution in [0.2, 0.25) is 0 Å². The minimum absolute atomic E-state index is 0.118. The molecule has 2 aliphatic rings. The maximum absolute atomic E-state index is 10.8. The van der Waals surface area contributed by atoms with Crippen LogP contribution < -0.4 is 5.32 Å². The molecule has 6 heteroatoms. The Morgan fingerprint density at radius 2 is 2.00 bits per heavy atom. The normalized spacial score (nSPS) is 29.1. The van der Waals surface area contributed by atoms with E-state index in [9.17, 15) is 10.1 Å². The van der Waals surface area contributed by atoms with Crippen molar-refractivity contribution < 1.29 is 4.92 Å². The summed E-state index contributed by atoms with van der Waals surface area (Å²) in [7, 11) is 2.24. The number of nitrogens with zero attached hydrogens (tertiary/aromatic N) is 2. The number of nitro benzene ring substituents is 1. The van der Waals surface area contributed by atoms with E-state index in [4.69, 9.17) is 0 Å². The molecule has 3 rings (SSSR count). The van der Waals surface area contributed by atoms with E-state index in [0.717, 1.165) is 23.0 Å². The van der Waals surface area contributed by atoms with E-state index < -0.39 is 0 Å². The van der Waals surface area contributed by atoms with Crippen molar-refractivity contribution in [2.45, 2.75) is 50.2 Å². The molecule has 0 saturated carbocycles. The first-order valence-corrected chi connectivity index (χ1v) is 8.26. The zero-order valence-electron chi connectivity index (χ0n) is 12.1. The molecule has 0 aliphatic carbocycles. The number of benzene rings is 1. The van der Waals surface area contributed by atoms with Crippen molar-refractivity contribution in [2.24, 2.45) is 0 Å². The Kier molecular flexibility index (Phi) is 4.17. The van der Waals surface area contributed by atoms with Crippen molar-refractivity contribution in [3.63, 3.8) is 0 Å². The molecule has 0 spiro atoms. The molecule has 1 aromatic carbocycles. The lowest BCUT2D eigenvalue weighted by Gasteiger charge is -2.47. The van der Waals surface area contributed by atoms with Gasteiger partial charge in [0, 0.05) is 40.4 Å². The topological polar surface area (TPSA) is 58.4 Å². The van der Waals surface area contributed by atoms with E-state index >= 15 is 0 Å².